The van der Waals surface area contributed by atoms with Crippen molar-refractivity contribution in [3.8, 4) is 22.8 Å². The zero-order valence-electron chi connectivity index (χ0n) is 14.8. The highest BCUT2D eigenvalue weighted by atomic mass is 16.5. The lowest BCUT2D eigenvalue weighted by Crippen LogP contribution is -2.09. The Hall–Kier alpha value is -2.96. The van der Waals surface area contributed by atoms with Crippen LogP contribution in [-0.2, 0) is 6.54 Å². The minimum atomic E-state index is 0.539. The smallest absolute Gasteiger partial charge is 0.261 e. The molecule has 0 radical (unpaired) electrons. The Morgan fingerprint density at radius 3 is 2.96 bits per heavy atom. The molecule has 0 unspecified atom stereocenters. The van der Waals surface area contributed by atoms with Gasteiger partial charge in [-0.05, 0) is 30.9 Å². The maximum absolute atomic E-state index is 5.62. The second kappa shape index (κ2) is 5.79. The maximum atomic E-state index is 5.62. The molecule has 0 atom stereocenters. The topological polar surface area (TPSA) is 85.4 Å². The van der Waals surface area contributed by atoms with Gasteiger partial charge in [0.05, 0.1) is 17.5 Å². The van der Waals surface area contributed by atoms with Gasteiger partial charge in [-0.1, -0.05) is 19.0 Å². The van der Waals surface area contributed by atoms with E-state index in [-0.39, 0.29) is 0 Å². The average molecular weight is 348 g/mol. The first kappa shape index (κ1) is 15.3. The first-order chi connectivity index (χ1) is 12.7. The summed E-state index contributed by atoms with van der Waals surface area (Å²) >= 11 is 0. The van der Waals surface area contributed by atoms with Crippen molar-refractivity contribution in [3.05, 3.63) is 36.4 Å². The van der Waals surface area contributed by atoms with E-state index in [1.165, 1.54) is 18.5 Å². The number of hydrogen-bond donors (Lipinski definition) is 1. The second-order valence-corrected chi connectivity index (χ2v) is 7.32. The zero-order valence-corrected chi connectivity index (χ0v) is 14.8. The van der Waals surface area contributed by atoms with E-state index in [1.807, 2.05) is 24.5 Å². The van der Waals surface area contributed by atoms with Crippen LogP contribution in [0.1, 0.15) is 38.3 Å². The predicted molar refractivity (Wildman–Crippen MR) is 97.4 cm³/mol. The van der Waals surface area contributed by atoms with E-state index in [4.69, 9.17) is 4.52 Å². The minimum absolute atomic E-state index is 0.539. The summed E-state index contributed by atoms with van der Waals surface area (Å²) in [6, 6.07) is 3.89. The van der Waals surface area contributed by atoms with Gasteiger partial charge >= 0.3 is 0 Å². The molecule has 0 saturated heterocycles. The van der Waals surface area contributed by atoms with Crippen molar-refractivity contribution in [2.75, 3.05) is 0 Å². The van der Waals surface area contributed by atoms with E-state index in [0.29, 0.717) is 23.6 Å². The molecular formula is C19H20N6O. The van der Waals surface area contributed by atoms with Gasteiger partial charge in [0.25, 0.3) is 5.89 Å². The fraction of sp³-hybridized carbons (Fsp3) is 0.368. The van der Waals surface area contributed by atoms with Crippen molar-refractivity contribution in [1.82, 2.24) is 29.9 Å². The Morgan fingerprint density at radius 1 is 1.27 bits per heavy atom. The molecule has 4 aromatic heterocycles. The number of hydrogen-bond acceptors (Lipinski definition) is 5. The quantitative estimate of drug-likeness (QED) is 0.589. The molecule has 1 N–H and O–H groups in total. The Kier molecular flexibility index (Phi) is 3.41. The molecular weight excluding hydrogens is 328 g/mol. The number of aromatic nitrogens is 6. The summed E-state index contributed by atoms with van der Waals surface area (Å²) in [7, 11) is 0. The molecule has 4 aromatic rings. The fourth-order valence-electron chi connectivity index (χ4n) is 3.44. The minimum Gasteiger partial charge on any atom is -0.346 e. The highest BCUT2D eigenvalue weighted by Gasteiger charge is 2.32. The van der Waals surface area contributed by atoms with E-state index in [1.54, 1.807) is 6.20 Å². The molecule has 1 aliphatic rings. The lowest BCUT2D eigenvalue weighted by Gasteiger charge is -2.09. The summed E-state index contributed by atoms with van der Waals surface area (Å²) in [6.07, 6.45) is 7.88. The fourth-order valence-corrected chi connectivity index (χ4v) is 3.44. The number of aromatic amines is 1. The van der Waals surface area contributed by atoms with Gasteiger partial charge in [-0.3, -0.25) is 4.68 Å². The molecule has 1 fully saturated rings. The van der Waals surface area contributed by atoms with Crippen molar-refractivity contribution in [3.63, 3.8) is 0 Å². The molecule has 5 rings (SSSR count). The number of pyridine rings is 1. The summed E-state index contributed by atoms with van der Waals surface area (Å²) in [5.74, 6) is 2.21. The molecule has 132 valence electrons. The third-order valence-electron chi connectivity index (χ3n) is 4.74. The largest absolute Gasteiger partial charge is 0.346 e. The summed E-state index contributed by atoms with van der Waals surface area (Å²) in [4.78, 5) is 12.1. The summed E-state index contributed by atoms with van der Waals surface area (Å²) in [5.41, 5.74) is 3.92. The van der Waals surface area contributed by atoms with Crippen molar-refractivity contribution < 1.29 is 4.52 Å². The van der Waals surface area contributed by atoms with Crippen molar-refractivity contribution >= 4 is 11.0 Å². The van der Waals surface area contributed by atoms with Crippen LogP contribution in [0.5, 0.6) is 0 Å². The first-order valence-corrected chi connectivity index (χ1v) is 9.03. The van der Waals surface area contributed by atoms with E-state index < -0.39 is 0 Å². The number of rotatable bonds is 5. The molecule has 0 aliphatic heterocycles. The van der Waals surface area contributed by atoms with Gasteiger partial charge in [-0.2, -0.15) is 10.1 Å². The Labute approximate surface area is 150 Å². The van der Waals surface area contributed by atoms with Crippen LogP contribution in [0.2, 0.25) is 0 Å². The lowest BCUT2D eigenvalue weighted by molar-refractivity contribution is 0.431. The van der Waals surface area contributed by atoms with E-state index in [9.17, 15) is 0 Å². The SMILES string of the molecule is CC(C)Cn1ncc(-c2nc(-c3ccnc4[nH]ccc34)no2)c1C1CC1. The first-order valence-electron chi connectivity index (χ1n) is 9.03. The molecule has 7 heteroatoms. The summed E-state index contributed by atoms with van der Waals surface area (Å²) in [5, 5.41) is 9.79. The van der Waals surface area contributed by atoms with Crippen LogP contribution in [0.15, 0.2) is 35.2 Å². The Bertz CT molecular complexity index is 1070. The van der Waals surface area contributed by atoms with Crippen LogP contribution in [-0.4, -0.2) is 29.9 Å². The molecule has 1 aliphatic carbocycles. The number of fused-ring (bicyclic) bond motifs is 1. The molecule has 0 amide bonds. The van der Waals surface area contributed by atoms with Crippen LogP contribution in [0, 0.1) is 5.92 Å². The third-order valence-corrected chi connectivity index (χ3v) is 4.74. The second-order valence-electron chi connectivity index (χ2n) is 7.32. The highest BCUT2D eigenvalue weighted by Crippen LogP contribution is 2.44. The van der Waals surface area contributed by atoms with Gasteiger partial charge in [0.1, 0.15) is 5.65 Å². The van der Waals surface area contributed by atoms with Gasteiger partial charge in [0.2, 0.25) is 5.82 Å². The maximum Gasteiger partial charge on any atom is 0.261 e. The van der Waals surface area contributed by atoms with Crippen LogP contribution < -0.4 is 0 Å². The number of nitrogens with zero attached hydrogens (tertiary/aromatic N) is 5. The summed E-state index contributed by atoms with van der Waals surface area (Å²) in [6.45, 7) is 5.31. The molecule has 26 heavy (non-hydrogen) atoms. The normalized spacial score (nSPS) is 14.6. The average Bonchev–Trinajstić information content (AvgIpc) is 3.03. The van der Waals surface area contributed by atoms with Crippen LogP contribution >= 0.6 is 0 Å². The monoisotopic (exact) mass is 348 g/mol. The van der Waals surface area contributed by atoms with E-state index in [0.717, 1.165) is 28.7 Å². The van der Waals surface area contributed by atoms with Crippen molar-refractivity contribution in [1.29, 1.82) is 0 Å². The van der Waals surface area contributed by atoms with Gasteiger partial charge in [0.15, 0.2) is 0 Å². The molecule has 0 bridgehead atoms. The summed E-state index contributed by atoms with van der Waals surface area (Å²) < 4.78 is 7.73. The van der Waals surface area contributed by atoms with Crippen LogP contribution in [0.25, 0.3) is 33.9 Å². The van der Waals surface area contributed by atoms with Gasteiger partial charge in [-0.25, -0.2) is 4.98 Å². The van der Waals surface area contributed by atoms with Gasteiger partial charge in [0, 0.05) is 35.8 Å². The third kappa shape index (κ3) is 2.51. The van der Waals surface area contributed by atoms with Crippen molar-refractivity contribution in [2.45, 2.75) is 39.2 Å². The number of H-pyrrole nitrogens is 1. The molecule has 0 spiro atoms. The standard InChI is InChI=1S/C19H20N6O/c1-11(2)10-25-16(12-3-4-12)15(9-22-25)19-23-18(24-26-19)14-6-8-21-17-13(14)5-7-20-17/h5-9,11-12H,3-4,10H2,1-2H3,(H,20,21). The molecule has 1 saturated carbocycles. The van der Waals surface area contributed by atoms with Gasteiger partial charge < -0.3 is 9.51 Å². The van der Waals surface area contributed by atoms with Crippen molar-refractivity contribution in [2.24, 2.45) is 5.92 Å². The highest BCUT2D eigenvalue weighted by molar-refractivity contribution is 5.90. The molecule has 0 aromatic carbocycles. The predicted octanol–water partition coefficient (Wildman–Crippen LogP) is 4.01. The van der Waals surface area contributed by atoms with Crippen LogP contribution in [0.3, 0.4) is 0 Å². The molecule has 7 nitrogen and oxygen atoms in total. The van der Waals surface area contributed by atoms with E-state index >= 15 is 0 Å². The number of nitrogens with one attached hydrogen (secondary N) is 1. The Morgan fingerprint density at radius 2 is 2.15 bits per heavy atom. The van der Waals surface area contributed by atoms with Crippen LogP contribution in [0.4, 0.5) is 0 Å². The lowest BCUT2D eigenvalue weighted by atomic mass is 10.1. The van der Waals surface area contributed by atoms with Gasteiger partial charge in [-0.15, -0.1) is 0 Å². The van der Waals surface area contributed by atoms with E-state index in [2.05, 4.69) is 43.7 Å². The zero-order chi connectivity index (χ0) is 17.7. The Balaban J connectivity index is 1.57. The molecule has 4 heterocycles.